The van der Waals surface area contributed by atoms with Crippen LogP contribution >= 0.6 is 0 Å². The fraction of sp³-hybridized carbons (Fsp3) is 0.438. The van der Waals surface area contributed by atoms with E-state index in [-0.39, 0.29) is 5.75 Å². The zero-order chi connectivity index (χ0) is 15.9. The molecule has 1 aromatic carbocycles. The maximum atomic E-state index is 10.1. The number of aromatic hydroxyl groups is 1. The molecule has 0 unspecified atom stereocenters. The van der Waals surface area contributed by atoms with Crippen LogP contribution in [0.15, 0.2) is 39.0 Å². The SMILES string of the molecule is CCCN(CCC)c1ccc(N=Nc2cc(C)on2)c(O)c1. The molecule has 0 saturated carbocycles. The van der Waals surface area contributed by atoms with Crippen LogP contribution in [0.4, 0.5) is 17.2 Å². The molecular formula is C16H22N4O2. The van der Waals surface area contributed by atoms with E-state index >= 15 is 0 Å². The van der Waals surface area contributed by atoms with Crippen LogP contribution < -0.4 is 4.90 Å². The van der Waals surface area contributed by atoms with Crippen molar-refractivity contribution >= 4 is 17.2 Å². The van der Waals surface area contributed by atoms with E-state index in [9.17, 15) is 5.11 Å². The van der Waals surface area contributed by atoms with Crippen molar-refractivity contribution in [3.05, 3.63) is 30.0 Å². The number of nitrogens with zero attached hydrogens (tertiary/aromatic N) is 4. The number of benzene rings is 1. The van der Waals surface area contributed by atoms with Crippen molar-refractivity contribution in [2.45, 2.75) is 33.6 Å². The lowest BCUT2D eigenvalue weighted by Gasteiger charge is -2.24. The molecule has 0 amide bonds. The number of hydrogen-bond acceptors (Lipinski definition) is 6. The third kappa shape index (κ3) is 4.07. The molecule has 2 rings (SSSR count). The summed E-state index contributed by atoms with van der Waals surface area (Å²) in [6.45, 7) is 8.00. The molecule has 0 aliphatic heterocycles. The third-order valence-electron chi connectivity index (χ3n) is 3.19. The molecule has 1 N–H and O–H groups in total. The van der Waals surface area contributed by atoms with Crippen LogP contribution in [-0.2, 0) is 0 Å². The number of phenolic OH excluding ortho intramolecular Hbond substituents is 1. The van der Waals surface area contributed by atoms with Gasteiger partial charge < -0.3 is 14.5 Å². The van der Waals surface area contributed by atoms with Gasteiger partial charge in [0.15, 0.2) is 0 Å². The van der Waals surface area contributed by atoms with Gasteiger partial charge in [-0.25, -0.2) is 0 Å². The first-order chi connectivity index (χ1) is 10.6. The van der Waals surface area contributed by atoms with Gasteiger partial charge in [-0.15, -0.1) is 10.2 Å². The zero-order valence-corrected chi connectivity index (χ0v) is 13.3. The Bertz CT molecular complexity index is 631. The highest BCUT2D eigenvalue weighted by molar-refractivity contribution is 5.61. The van der Waals surface area contributed by atoms with Gasteiger partial charge in [-0.3, -0.25) is 0 Å². The highest BCUT2D eigenvalue weighted by atomic mass is 16.5. The van der Waals surface area contributed by atoms with E-state index in [1.165, 1.54) is 0 Å². The van der Waals surface area contributed by atoms with Crippen LogP contribution in [0.3, 0.4) is 0 Å². The van der Waals surface area contributed by atoms with Crippen LogP contribution in [-0.4, -0.2) is 23.4 Å². The Kier molecular flexibility index (Phi) is 5.52. The van der Waals surface area contributed by atoms with E-state index in [0.29, 0.717) is 17.3 Å². The number of hydrogen-bond donors (Lipinski definition) is 1. The first-order valence-electron chi connectivity index (χ1n) is 7.57. The highest BCUT2D eigenvalue weighted by Gasteiger charge is 2.08. The van der Waals surface area contributed by atoms with E-state index < -0.39 is 0 Å². The predicted molar refractivity (Wildman–Crippen MR) is 86.3 cm³/mol. The predicted octanol–water partition coefficient (Wildman–Crippen LogP) is 4.73. The van der Waals surface area contributed by atoms with Crippen molar-refractivity contribution in [1.29, 1.82) is 0 Å². The number of rotatable bonds is 7. The second-order valence-corrected chi connectivity index (χ2v) is 5.16. The monoisotopic (exact) mass is 302 g/mol. The Labute approximate surface area is 130 Å². The van der Waals surface area contributed by atoms with Crippen molar-refractivity contribution < 1.29 is 9.63 Å². The van der Waals surface area contributed by atoms with Gasteiger partial charge in [0.1, 0.15) is 17.2 Å². The summed E-state index contributed by atoms with van der Waals surface area (Å²) < 4.78 is 4.91. The first-order valence-corrected chi connectivity index (χ1v) is 7.57. The number of azo groups is 1. The lowest BCUT2D eigenvalue weighted by atomic mass is 10.2. The Morgan fingerprint density at radius 1 is 1.14 bits per heavy atom. The molecule has 22 heavy (non-hydrogen) atoms. The molecule has 0 atom stereocenters. The quantitative estimate of drug-likeness (QED) is 0.750. The van der Waals surface area contributed by atoms with E-state index in [0.717, 1.165) is 31.6 Å². The molecule has 118 valence electrons. The van der Waals surface area contributed by atoms with Gasteiger partial charge in [0, 0.05) is 30.9 Å². The van der Waals surface area contributed by atoms with E-state index in [1.54, 1.807) is 25.1 Å². The summed E-state index contributed by atoms with van der Waals surface area (Å²) in [5.74, 6) is 1.17. The minimum Gasteiger partial charge on any atom is -0.506 e. The average molecular weight is 302 g/mol. The molecule has 2 aromatic rings. The van der Waals surface area contributed by atoms with Crippen LogP contribution in [0.1, 0.15) is 32.4 Å². The third-order valence-corrected chi connectivity index (χ3v) is 3.19. The summed E-state index contributed by atoms with van der Waals surface area (Å²) in [7, 11) is 0. The van der Waals surface area contributed by atoms with Crippen LogP contribution in [0, 0.1) is 6.92 Å². The second-order valence-electron chi connectivity index (χ2n) is 5.16. The molecule has 1 heterocycles. The maximum Gasteiger partial charge on any atom is 0.216 e. The highest BCUT2D eigenvalue weighted by Crippen LogP contribution is 2.32. The fourth-order valence-corrected chi connectivity index (χ4v) is 2.21. The maximum absolute atomic E-state index is 10.1. The lowest BCUT2D eigenvalue weighted by Crippen LogP contribution is -2.24. The van der Waals surface area contributed by atoms with Gasteiger partial charge in [0.2, 0.25) is 5.82 Å². The van der Waals surface area contributed by atoms with Crippen LogP contribution in [0.5, 0.6) is 5.75 Å². The molecule has 0 aliphatic carbocycles. The van der Waals surface area contributed by atoms with Crippen LogP contribution in [0.2, 0.25) is 0 Å². The number of anilines is 1. The molecule has 0 saturated heterocycles. The van der Waals surface area contributed by atoms with Crippen molar-refractivity contribution in [3.8, 4) is 5.75 Å². The molecule has 0 radical (unpaired) electrons. The average Bonchev–Trinajstić information content (AvgIpc) is 2.91. The number of aromatic nitrogens is 1. The van der Waals surface area contributed by atoms with Gasteiger partial charge in [-0.05, 0) is 31.9 Å². The van der Waals surface area contributed by atoms with Gasteiger partial charge in [0.05, 0.1) is 0 Å². The van der Waals surface area contributed by atoms with E-state index in [1.807, 2.05) is 6.07 Å². The smallest absolute Gasteiger partial charge is 0.216 e. The normalized spacial score (nSPS) is 11.2. The Hall–Kier alpha value is -2.37. The van der Waals surface area contributed by atoms with E-state index in [4.69, 9.17) is 4.52 Å². The summed E-state index contributed by atoms with van der Waals surface area (Å²) in [6, 6.07) is 7.12. The molecule has 0 bridgehead atoms. The van der Waals surface area contributed by atoms with Crippen molar-refractivity contribution in [2.75, 3.05) is 18.0 Å². The number of aryl methyl sites for hydroxylation is 1. The summed E-state index contributed by atoms with van der Waals surface area (Å²) in [4.78, 5) is 2.25. The molecule has 6 heteroatoms. The summed E-state index contributed by atoms with van der Waals surface area (Å²) in [6.07, 6.45) is 2.13. The molecular weight excluding hydrogens is 280 g/mol. The molecule has 0 spiro atoms. The zero-order valence-electron chi connectivity index (χ0n) is 13.3. The fourth-order valence-electron chi connectivity index (χ4n) is 2.21. The van der Waals surface area contributed by atoms with Gasteiger partial charge >= 0.3 is 0 Å². The van der Waals surface area contributed by atoms with Gasteiger partial charge in [-0.1, -0.05) is 19.0 Å². The Morgan fingerprint density at radius 3 is 2.41 bits per heavy atom. The van der Waals surface area contributed by atoms with E-state index in [2.05, 4.69) is 34.1 Å². The molecule has 6 nitrogen and oxygen atoms in total. The van der Waals surface area contributed by atoms with Crippen molar-refractivity contribution in [3.63, 3.8) is 0 Å². The van der Waals surface area contributed by atoms with Gasteiger partial charge in [0.25, 0.3) is 0 Å². The number of phenols is 1. The lowest BCUT2D eigenvalue weighted by molar-refractivity contribution is 0.399. The van der Waals surface area contributed by atoms with Crippen molar-refractivity contribution in [2.24, 2.45) is 10.2 Å². The Morgan fingerprint density at radius 2 is 1.86 bits per heavy atom. The first kappa shape index (κ1) is 16.0. The standard InChI is InChI=1S/C16H22N4O2/c1-4-8-20(9-5-2)13-6-7-14(15(21)11-13)17-18-16-10-12(3)22-19-16/h6-7,10-11,21H,4-5,8-9H2,1-3H3. The second kappa shape index (κ2) is 7.59. The summed E-state index contributed by atoms with van der Waals surface area (Å²) >= 11 is 0. The topological polar surface area (TPSA) is 74.2 Å². The van der Waals surface area contributed by atoms with Gasteiger partial charge in [-0.2, -0.15) is 0 Å². The van der Waals surface area contributed by atoms with Crippen molar-refractivity contribution in [1.82, 2.24) is 5.16 Å². The molecule has 0 fully saturated rings. The molecule has 1 aromatic heterocycles. The van der Waals surface area contributed by atoms with Crippen LogP contribution in [0.25, 0.3) is 0 Å². The minimum atomic E-state index is 0.110. The summed E-state index contributed by atoms with van der Waals surface area (Å²) in [5.41, 5.74) is 1.41. The largest absolute Gasteiger partial charge is 0.506 e. The molecule has 0 aliphatic rings. The Balaban J connectivity index is 2.16. The minimum absolute atomic E-state index is 0.110. The summed E-state index contributed by atoms with van der Waals surface area (Å²) in [5, 5.41) is 21.8.